The van der Waals surface area contributed by atoms with Crippen molar-refractivity contribution >= 4 is 0 Å². The van der Waals surface area contributed by atoms with Crippen molar-refractivity contribution in [2.75, 3.05) is 13.1 Å². The molecule has 0 spiro atoms. The molecule has 1 saturated heterocycles. The van der Waals surface area contributed by atoms with Gasteiger partial charge in [0.25, 0.3) is 0 Å². The summed E-state index contributed by atoms with van der Waals surface area (Å²) in [5.41, 5.74) is 0.653. The zero-order valence-corrected chi connectivity index (χ0v) is 10.1. The number of hydrogen-bond donors (Lipinski definition) is 1. The maximum atomic E-state index is 10.4. The number of nitrogens with zero attached hydrogens (tertiary/aromatic N) is 1. The molecule has 1 aliphatic rings. The molecule has 0 amide bonds. The Bertz CT molecular complexity index is 313. The second-order valence-electron chi connectivity index (χ2n) is 5.16. The van der Waals surface area contributed by atoms with Crippen LogP contribution in [-0.2, 0) is 0 Å². The third kappa shape index (κ3) is 2.15. The first-order valence-electron chi connectivity index (χ1n) is 6.07. The van der Waals surface area contributed by atoms with Gasteiger partial charge in [0.2, 0.25) is 0 Å². The van der Waals surface area contributed by atoms with Crippen LogP contribution in [0.3, 0.4) is 0 Å². The Balaban J connectivity index is 2.10. The Morgan fingerprint density at radius 2 is 2.00 bits per heavy atom. The van der Waals surface area contributed by atoms with Gasteiger partial charge in [0.1, 0.15) is 0 Å². The Kier molecular flexibility index (Phi) is 3.36. The van der Waals surface area contributed by atoms with E-state index in [1.807, 2.05) is 6.07 Å². The molecule has 1 aromatic rings. The summed E-state index contributed by atoms with van der Waals surface area (Å²) in [6.45, 7) is 6.38. The smallest absolute Gasteiger partial charge is 0.0999 e. The van der Waals surface area contributed by atoms with Crippen LogP contribution in [0.4, 0.5) is 0 Å². The summed E-state index contributed by atoms with van der Waals surface area (Å²) < 4.78 is 5.04. The van der Waals surface area contributed by atoms with Crippen molar-refractivity contribution in [3.63, 3.8) is 0 Å². The summed E-state index contributed by atoms with van der Waals surface area (Å²) in [7, 11) is 0. The van der Waals surface area contributed by atoms with Gasteiger partial charge in [-0.3, -0.25) is 4.90 Å². The molecule has 0 aromatic carbocycles. The van der Waals surface area contributed by atoms with E-state index < -0.39 is 6.10 Å². The number of furan rings is 1. The Hall–Kier alpha value is -0.800. The molecule has 0 aliphatic carbocycles. The lowest BCUT2D eigenvalue weighted by Gasteiger charge is -2.43. The lowest BCUT2D eigenvalue weighted by atomic mass is 9.89. The highest BCUT2D eigenvalue weighted by Gasteiger charge is 2.36. The predicted octanol–water partition coefficient (Wildman–Crippen LogP) is 2.58. The molecule has 2 rings (SSSR count). The third-order valence-electron chi connectivity index (χ3n) is 3.70. The number of piperidine rings is 1. The molecule has 1 aliphatic heterocycles. The lowest BCUT2D eigenvalue weighted by molar-refractivity contribution is -0.0211. The predicted molar refractivity (Wildman–Crippen MR) is 63.2 cm³/mol. The van der Waals surface area contributed by atoms with Gasteiger partial charge in [0, 0.05) is 11.1 Å². The quantitative estimate of drug-likeness (QED) is 0.855. The molecule has 3 heteroatoms. The fraction of sp³-hybridized carbons (Fsp3) is 0.692. The zero-order valence-electron chi connectivity index (χ0n) is 10.1. The maximum Gasteiger partial charge on any atom is 0.0999 e. The van der Waals surface area contributed by atoms with Crippen molar-refractivity contribution in [2.24, 2.45) is 0 Å². The molecular weight excluding hydrogens is 202 g/mol. The third-order valence-corrected chi connectivity index (χ3v) is 3.70. The summed E-state index contributed by atoms with van der Waals surface area (Å²) in [6.07, 6.45) is 6.56. The minimum absolute atomic E-state index is 0.218. The molecule has 1 N–H and O–H groups in total. The molecule has 1 fully saturated rings. The first kappa shape index (κ1) is 11.7. The summed E-state index contributed by atoms with van der Waals surface area (Å²) in [6, 6.07) is 1.84. The topological polar surface area (TPSA) is 36.6 Å². The molecule has 1 unspecified atom stereocenters. The largest absolute Gasteiger partial charge is 0.472 e. The molecule has 1 aromatic heterocycles. The monoisotopic (exact) mass is 223 g/mol. The summed E-state index contributed by atoms with van der Waals surface area (Å²) in [5, 5.41) is 10.4. The standard InChI is InChI=1S/C13H21NO2/c1-13(2,14-7-4-3-5-8-14)12(15)11-6-9-16-10-11/h6,9-10,12,15H,3-5,7-8H2,1-2H3. The van der Waals surface area contributed by atoms with E-state index in [1.165, 1.54) is 19.3 Å². The fourth-order valence-corrected chi connectivity index (χ4v) is 2.48. The second kappa shape index (κ2) is 4.60. The van der Waals surface area contributed by atoms with Gasteiger partial charge in [-0.1, -0.05) is 6.42 Å². The highest BCUT2D eigenvalue weighted by atomic mass is 16.3. The molecule has 0 saturated carbocycles. The van der Waals surface area contributed by atoms with Crippen LogP contribution in [0, 0.1) is 0 Å². The zero-order chi connectivity index (χ0) is 11.6. The molecule has 1 atom stereocenters. The highest BCUT2D eigenvalue weighted by molar-refractivity contribution is 5.14. The van der Waals surface area contributed by atoms with Crippen LogP contribution >= 0.6 is 0 Å². The first-order chi connectivity index (χ1) is 7.62. The average Bonchev–Trinajstić information content (AvgIpc) is 2.82. The summed E-state index contributed by atoms with van der Waals surface area (Å²) >= 11 is 0. The van der Waals surface area contributed by atoms with Crippen LogP contribution in [0.1, 0.15) is 44.8 Å². The molecule has 3 nitrogen and oxygen atoms in total. The number of aliphatic hydroxyl groups is 1. The SMILES string of the molecule is CC(C)(C(O)c1ccoc1)N1CCCCC1. The van der Waals surface area contributed by atoms with Crippen molar-refractivity contribution in [2.45, 2.75) is 44.8 Å². The van der Waals surface area contributed by atoms with Crippen molar-refractivity contribution < 1.29 is 9.52 Å². The van der Waals surface area contributed by atoms with E-state index in [4.69, 9.17) is 4.42 Å². The van der Waals surface area contributed by atoms with Crippen LogP contribution in [0.25, 0.3) is 0 Å². The van der Waals surface area contributed by atoms with Gasteiger partial charge >= 0.3 is 0 Å². The molecular formula is C13H21NO2. The van der Waals surface area contributed by atoms with Crippen LogP contribution in [0.15, 0.2) is 23.0 Å². The van der Waals surface area contributed by atoms with E-state index in [0.717, 1.165) is 18.7 Å². The van der Waals surface area contributed by atoms with Gasteiger partial charge < -0.3 is 9.52 Å². The molecule has 16 heavy (non-hydrogen) atoms. The van der Waals surface area contributed by atoms with Gasteiger partial charge in [-0.15, -0.1) is 0 Å². The van der Waals surface area contributed by atoms with Crippen LogP contribution in [0.2, 0.25) is 0 Å². The van der Waals surface area contributed by atoms with E-state index >= 15 is 0 Å². The molecule has 0 radical (unpaired) electrons. The van der Waals surface area contributed by atoms with E-state index in [-0.39, 0.29) is 5.54 Å². The summed E-state index contributed by atoms with van der Waals surface area (Å²) in [5.74, 6) is 0. The highest BCUT2D eigenvalue weighted by Crippen LogP contribution is 2.33. The first-order valence-corrected chi connectivity index (χ1v) is 6.07. The van der Waals surface area contributed by atoms with Gasteiger partial charge in [-0.05, 0) is 45.8 Å². The van der Waals surface area contributed by atoms with E-state index in [9.17, 15) is 5.11 Å². The van der Waals surface area contributed by atoms with Crippen LogP contribution in [0.5, 0.6) is 0 Å². The average molecular weight is 223 g/mol. The Labute approximate surface area is 97.1 Å². The van der Waals surface area contributed by atoms with Crippen molar-refractivity contribution in [1.29, 1.82) is 0 Å². The Morgan fingerprint density at radius 1 is 1.31 bits per heavy atom. The van der Waals surface area contributed by atoms with Gasteiger partial charge in [0.15, 0.2) is 0 Å². The second-order valence-corrected chi connectivity index (χ2v) is 5.16. The lowest BCUT2D eigenvalue weighted by Crippen LogP contribution is -2.50. The molecule has 90 valence electrons. The fourth-order valence-electron chi connectivity index (χ4n) is 2.48. The normalized spacial score (nSPS) is 20.9. The van der Waals surface area contributed by atoms with Crippen molar-refractivity contribution in [3.8, 4) is 0 Å². The maximum absolute atomic E-state index is 10.4. The van der Waals surface area contributed by atoms with Gasteiger partial charge in [-0.25, -0.2) is 0 Å². The van der Waals surface area contributed by atoms with E-state index in [1.54, 1.807) is 12.5 Å². The van der Waals surface area contributed by atoms with Gasteiger partial charge in [0.05, 0.1) is 18.6 Å². The van der Waals surface area contributed by atoms with Gasteiger partial charge in [-0.2, -0.15) is 0 Å². The number of likely N-dealkylation sites (tertiary alicyclic amines) is 1. The summed E-state index contributed by atoms with van der Waals surface area (Å²) in [4.78, 5) is 2.38. The van der Waals surface area contributed by atoms with Crippen LogP contribution in [-0.4, -0.2) is 28.6 Å². The number of rotatable bonds is 3. The Morgan fingerprint density at radius 3 is 2.56 bits per heavy atom. The number of hydrogen-bond acceptors (Lipinski definition) is 3. The number of aliphatic hydroxyl groups excluding tert-OH is 1. The van der Waals surface area contributed by atoms with Crippen LogP contribution < -0.4 is 0 Å². The van der Waals surface area contributed by atoms with Crippen molar-refractivity contribution in [1.82, 2.24) is 4.90 Å². The van der Waals surface area contributed by atoms with E-state index in [0.29, 0.717) is 0 Å². The minimum Gasteiger partial charge on any atom is -0.472 e. The molecule has 2 heterocycles. The molecule has 0 bridgehead atoms. The van der Waals surface area contributed by atoms with Crippen molar-refractivity contribution in [3.05, 3.63) is 24.2 Å². The van der Waals surface area contributed by atoms with E-state index in [2.05, 4.69) is 18.7 Å². The minimum atomic E-state index is -0.482.